The molecule has 0 radical (unpaired) electrons. The Morgan fingerprint density at radius 2 is 2.33 bits per heavy atom. The van der Waals surface area contributed by atoms with Crippen molar-refractivity contribution in [3.8, 4) is 11.8 Å². The second kappa shape index (κ2) is 5.89. The molecule has 0 aliphatic rings. The van der Waals surface area contributed by atoms with Crippen molar-refractivity contribution in [2.24, 2.45) is 0 Å². The molecule has 5 heteroatoms. The summed E-state index contributed by atoms with van der Waals surface area (Å²) in [7, 11) is 0. The van der Waals surface area contributed by atoms with Crippen LogP contribution >= 0.6 is 31.9 Å². The molecular formula is C10H8Br2N2O. The molecule has 0 spiro atoms. The number of hydrogen-bond acceptors (Lipinski definition) is 2. The number of halogens is 2. The number of nitrogens with one attached hydrogen (secondary N) is 1. The van der Waals surface area contributed by atoms with Gasteiger partial charge < -0.3 is 5.32 Å². The van der Waals surface area contributed by atoms with E-state index in [-0.39, 0.29) is 5.91 Å². The second-order valence-corrected chi connectivity index (χ2v) is 4.21. The predicted molar refractivity (Wildman–Crippen MR) is 65.4 cm³/mol. The SMILES string of the molecule is CC#CCNC(=O)c1cnc(Br)c(Br)c1. The highest BCUT2D eigenvalue weighted by Gasteiger charge is 2.07. The molecule has 0 unspecified atom stereocenters. The molecule has 0 saturated carbocycles. The van der Waals surface area contributed by atoms with Crippen molar-refractivity contribution in [2.45, 2.75) is 6.92 Å². The topological polar surface area (TPSA) is 42.0 Å². The highest BCUT2D eigenvalue weighted by molar-refractivity contribution is 9.13. The lowest BCUT2D eigenvalue weighted by molar-refractivity contribution is 0.0958. The van der Waals surface area contributed by atoms with E-state index in [2.05, 4.69) is 54.0 Å². The summed E-state index contributed by atoms with van der Waals surface area (Å²) in [6.45, 7) is 2.08. The van der Waals surface area contributed by atoms with Crippen LogP contribution in [0.1, 0.15) is 17.3 Å². The molecule has 78 valence electrons. The Balaban J connectivity index is 2.72. The Morgan fingerprint density at radius 1 is 1.60 bits per heavy atom. The van der Waals surface area contributed by atoms with E-state index in [1.807, 2.05) is 0 Å². The fourth-order valence-corrected chi connectivity index (χ4v) is 1.43. The van der Waals surface area contributed by atoms with Gasteiger partial charge in [-0.3, -0.25) is 4.79 Å². The van der Waals surface area contributed by atoms with Gasteiger partial charge in [-0.2, -0.15) is 0 Å². The summed E-state index contributed by atoms with van der Waals surface area (Å²) in [6.07, 6.45) is 1.50. The average molecular weight is 332 g/mol. The van der Waals surface area contributed by atoms with Crippen LogP contribution < -0.4 is 5.32 Å². The first-order valence-corrected chi connectivity index (χ1v) is 5.72. The molecule has 15 heavy (non-hydrogen) atoms. The number of nitrogens with zero attached hydrogens (tertiary/aromatic N) is 1. The van der Waals surface area contributed by atoms with Crippen LogP contribution in [0.4, 0.5) is 0 Å². The number of rotatable bonds is 2. The van der Waals surface area contributed by atoms with Crippen LogP contribution in [0.2, 0.25) is 0 Å². The number of pyridine rings is 1. The van der Waals surface area contributed by atoms with Crippen LogP contribution in [0, 0.1) is 11.8 Å². The van der Waals surface area contributed by atoms with Gasteiger partial charge in [0.1, 0.15) is 4.60 Å². The maximum Gasteiger partial charge on any atom is 0.253 e. The third-order valence-electron chi connectivity index (χ3n) is 1.57. The summed E-state index contributed by atoms with van der Waals surface area (Å²) in [5.74, 6) is 5.27. The van der Waals surface area contributed by atoms with E-state index in [1.165, 1.54) is 6.20 Å². The van der Waals surface area contributed by atoms with E-state index in [1.54, 1.807) is 13.0 Å². The molecule has 0 aliphatic carbocycles. The summed E-state index contributed by atoms with van der Waals surface area (Å²) in [5, 5.41) is 2.66. The lowest BCUT2D eigenvalue weighted by Gasteiger charge is -2.02. The van der Waals surface area contributed by atoms with Gasteiger partial charge in [-0.1, -0.05) is 5.92 Å². The van der Waals surface area contributed by atoms with Crippen LogP contribution in [-0.2, 0) is 0 Å². The summed E-state index contributed by atoms with van der Waals surface area (Å²) < 4.78 is 1.42. The van der Waals surface area contributed by atoms with E-state index >= 15 is 0 Å². The Hall–Kier alpha value is -0.860. The summed E-state index contributed by atoms with van der Waals surface area (Å²) in [5.41, 5.74) is 0.503. The third kappa shape index (κ3) is 3.65. The highest BCUT2D eigenvalue weighted by atomic mass is 79.9. The van der Waals surface area contributed by atoms with Gasteiger partial charge in [0.15, 0.2) is 0 Å². The van der Waals surface area contributed by atoms with Gasteiger partial charge in [0.05, 0.1) is 16.6 Å². The van der Waals surface area contributed by atoms with Crippen molar-refractivity contribution >= 4 is 37.8 Å². The Morgan fingerprint density at radius 3 is 2.93 bits per heavy atom. The maximum absolute atomic E-state index is 11.5. The summed E-state index contributed by atoms with van der Waals surface area (Å²) in [6, 6.07) is 1.70. The van der Waals surface area contributed by atoms with Gasteiger partial charge in [-0.05, 0) is 44.8 Å². The van der Waals surface area contributed by atoms with Crippen LogP contribution in [-0.4, -0.2) is 17.4 Å². The molecule has 1 amide bonds. The van der Waals surface area contributed by atoms with Crippen molar-refractivity contribution in [3.05, 3.63) is 26.9 Å². The number of carbonyl (C=O) groups excluding carboxylic acids is 1. The van der Waals surface area contributed by atoms with Gasteiger partial charge >= 0.3 is 0 Å². The molecule has 1 aromatic heterocycles. The molecule has 0 fully saturated rings. The summed E-state index contributed by atoms with van der Waals surface area (Å²) >= 11 is 6.51. The van der Waals surface area contributed by atoms with E-state index in [0.717, 1.165) is 4.47 Å². The lowest BCUT2D eigenvalue weighted by atomic mass is 10.3. The molecule has 1 N–H and O–H groups in total. The molecule has 1 heterocycles. The van der Waals surface area contributed by atoms with E-state index in [4.69, 9.17) is 0 Å². The van der Waals surface area contributed by atoms with E-state index < -0.39 is 0 Å². The first kappa shape index (κ1) is 12.2. The maximum atomic E-state index is 11.5. The van der Waals surface area contributed by atoms with Crippen molar-refractivity contribution in [2.75, 3.05) is 6.54 Å². The van der Waals surface area contributed by atoms with E-state index in [9.17, 15) is 4.79 Å². The molecule has 1 aromatic rings. The molecule has 1 rings (SSSR count). The molecule has 0 aliphatic heterocycles. The standard InChI is InChI=1S/C10H8Br2N2O/c1-2-3-4-13-10(15)7-5-8(11)9(12)14-6-7/h5-6H,4H2,1H3,(H,13,15). The van der Waals surface area contributed by atoms with Crippen molar-refractivity contribution in [1.82, 2.24) is 10.3 Å². The second-order valence-electron chi connectivity index (χ2n) is 2.61. The highest BCUT2D eigenvalue weighted by Crippen LogP contribution is 2.20. The number of amides is 1. The van der Waals surface area contributed by atoms with Crippen LogP contribution in [0.15, 0.2) is 21.3 Å². The minimum absolute atomic E-state index is 0.182. The molecule has 0 saturated heterocycles. The number of hydrogen-bond donors (Lipinski definition) is 1. The number of carbonyl (C=O) groups is 1. The van der Waals surface area contributed by atoms with Crippen molar-refractivity contribution in [1.29, 1.82) is 0 Å². The van der Waals surface area contributed by atoms with Crippen LogP contribution in [0.5, 0.6) is 0 Å². The largest absolute Gasteiger partial charge is 0.341 e. The Labute approximate surface area is 105 Å². The zero-order valence-corrected chi connectivity index (χ0v) is 11.1. The molecule has 0 aromatic carbocycles. The Bertz CT molecular complexity index is 435. The molecule has 0 atom stereocenters. The van der Waals surface area contributed by atoms with Gasteiger partial charge in [-0.15, -0.1) is 5.92 Å². The first-order valence-electron chi connectivity index (χ1n) is 4.14. The number of aromatic nitrogens is 1. The monoisotopic (exact) mass is 330 g/mol. The van der Waals surface area contributed by atoms with Crippen LogP contribution in [0.25, 0.3) is 0 Å². The molecule has 0 bridgehead atoms. The minimum atomic E-state index is -0.182. The molecule has 3 nitrogen and oxygen atoms in total. The minimum Gasteiger partial charge on any atom is -0.341 e. The van der Waals surface area contributed by atoms with Crippen LogP contribution in [0.3, 0.4) is 0 Å². The quantitative estimate of drug-likeness (QED) is 0.667. The summed E-state index contributed by atoms with van der Waals surface area (Å²) in [4.78, 5) is 15.5. The normalized spacial score (nSPS) is 9.00. The van der Waals surface area contributed by atoms with Crippen molar-refractivity contribution < 1.29 is 4.79 Å². The van der Waals surface area contributed by atoms with Gasteiger partial charge in [-0.25, -0.2) is 4.98 Å². The van der Waals surface area contributed by atoms with Gasteiger partial charge in [0.2, 0.25) is 0 Å². The van der Waals surface area contributed by atoms with Gasteiger partial charge in [0.25, 0.3) is 5.91 Å². The molecular weight excluding hydrogens is 324 g/mol. The fourth-order valence-electron chi connectivity index (χ4n) is 0.860. The fraction of sp³-hybridized carbons (Fsp3) is 0.200. The zero-order chi connectivity index (χ0) is 11.3. The zero-order valence-electron chi connectivity index (χ0n) is 7.97. The Kier molecular flexibility index (Phi) is 4.79. The van der Waals surface area contributed by atoms with E-state index in [0.29, 0.717) is 16.7 Å². The average Bonchev–Trinajstić information content (AvgIpc) is 2.22. The predicted octanol–water partition coefficient (Wildman–Crippen LogP) is 2.36. The smallest absolute Gasteiger partial charge is 0.253 e. The third-order valence-corrected chi connectivity index (χ3v) is 3.34. The lowest BCUT2D eigenvalue weighted by Crippen LogP contribution is -2.23. The first-order chi connectivity index (χ1) is 7.15. The van der Waals surface area contributed by atoms with Gasteiger partial charge in [0, 0.05) is 6.20 Å². The van der Waals surface area contributed by atoms with Crippen molar-refractivity contribution in [3.63, 3.8) is 0 Å².